The van der Waals surface area contributed by atoms with E-state index in [0.29, 0.717) is 26.1 Å². The Kier molecular flexibility index (Phi) is 7.91. The molecule has 116 valence electrons. The van der Waals surface area contributed by atoms with Crippen LogP contribution in [0.5, 0.6) is 0 Å². The summed E-state index contributed by atoms with van der Waals surface area (Å²) in [5.74, 6) is -0.261. The van der Waals surface area contributed by atoms with Crippen LogP contribution < -0.4 is 5.73 Å². The van der Waals surface area contributed by atoms with Gasteiger partial charge in [-0.2, -0.15) is 5.26 Å². The highest BCUT2D eigenvalue weighted by atomic mass is 19.1. The van der Waals surface area contributed by atoms with Crippen LogP contribution in [0.15, 0.2) is 24.3 Å². The molecule has 5 heteroatoms. The van der Waals surface area contributed by atoms with Gasteiger partial charge in [0.15, 0.2) is 0 Å². The Morgan fingerprint density at radius 2 is 2.00 bits per heavy atom. The summed E-state index contributed by atoms with van der Waals surface area (Å²) in [6, 6.07) is 8.47. The Hall–Kier alpha value is -1.48. The van der Waals surface area contributed by atoms with Crippen molar-refractivity contribution < 1.29 is 9.13 Å². The molecule has 0 bridgehead atoms. The fraction of sp³-hybridized carbons (Fsp3) is 0.562. The Labute approximate surface area is 126 Å². The standard InChI is InChI=1S/C16H24FN3O/c1-3-15(19)16(13-5-7-14(17)8-6-13)20(10-4-9-18)11-12-21-2/h5-8,15-16H,3-4,10-12,19H2,1-2H3. The van der Waals surface area contributed by atoms with Gasteiger partial charge in [-0.25, -0.2) is 4.39 Å². The van der Waals surface area contributed by atoms with E-state index in [0.717, 1.165) is 12.0 Å². The number of nitrogens with two attached hydrogens (primary N) is 1. The first-order chi connectivity index (χ1) is 10.1. The normalized spacial score (nSPS) is 13.9. The van der Waals surface area contributed by atoms with Crippen LogP contribution in [-0.2, 0) is 4.74 Å². The van der Waals surface area contributed by atoms with Gasteiger partial charge in [0.05, 0.1) is 12.7 Å². The molecule has 2 unspecified atom stereocenters. The van der Waals surface area contributed by atoms with Crippen molar-refractivity contribution in [2.75, 3.05) is 26.8 Å². The van der Waals surface area contributed by atoms with Crippen LogP contribution in [0.2, 0.25) is 0 Å². The molecular weight excluding hydrogens is 269 g/mol. The summed E-state index contributed by atoms with van der Waals surface area (Å²) in [4.78, 5) is 2.15. The van der Waals surface area contributed by atoms with Crippen molar-refractivity contribution in [3.05, 3.63) is 35.6 Å². The molecule has 1 aromatic rings. The number of hydrogen-bond donors (Lipinski definition) is 1. The average molecular weight is 293 g/mol. The molecule has 1 aromatic carbocycles. The van der Waals surface area contributed by atoms with Crippen molar-refractivity contribution >= 4 is 0 Å². The molecule has 4 nitrogen and oxygen atoms in total. The van der Waals surface area contributed by atoms with Crippen LogP contribution in [0.1, 0.15) is 31.4 Å². The number of rotatable bonds is 9. The van der Waals surface area contributed by atoms with E-state index in [9.17, 15) is 4.39 Å². The van der Waals surface area contributed by atoms with Crippen molar-refractivity contribution in [1.29, 1.82) is 5.26 Å². The molecule has 2 N–H and O–H groups in total. The van der Waals surface area contributed by atoms with E-state index in [1.165, 1.54) is 12.1 Å². The number of ether oxygens (including phenoxy) is 1. The van der Waals surface area contributed by atoms with Gasteiger partial charge in [-0.15, -0.1) is 0 Å². The zero-order valence-corrected chi connectivity index (χ0v) is 12.8. The number of hydrogen-bond acceptors (Lipinski definition) is 4. The molecule has 0 fully saturated rings. The number of benzene rings is 1. The molecule has 0 spiro atoms. The van der Waals surface area contributed by atoms with E-state index < -0.39 is 0 Å². The second-order valence-electron chi connectivity index (χ2n) is 5.01. The lowest BCUT2D eigenvalue weighted by atomic mass is 9.96. The third-order valence-electron chi connectivity index (χ3n) is 3.58. The van der Waals surface area contributed by atoms with E-state index in [2.05, 4.69) is 11.0 Å². The molecule has 0 amide bonds. The first-order valence-electron chi connectivity index (χ1n) is 7.25. The molecule has 0 aliphatic carbocycles. The first-order valence-corrected chi connectivity index (χ1v) is 7.25. The van der Waals surface area contributed by atoms with E-state index in [-0.39, 0.29) is 17.9 Å². The lowest BCUT2D eigenvalue weighted by Crippen LogP contribution is -2.42. The lowest BCUT2D eigenvalue weighted by molar-refractivity contribution is 0.109. The smallest absolute Gasteiger partial charge is 0.123 e. The number of nitrogens with zero attached hydrogens (tertiary/aromatic N) is 2. The van der Waals surface area contributed by atoms with Gasteiger partial charge in [0.25, 0.3) is 0 Å². The summed E-state index contributed by atoms with van der Waals surface area (Å²) in [6.45, 7) is 3.91. The fourth-order valence-electron chi connectivity index (χ4n) is 2.40. The molecular formula is C16H24FN3O. The molecule has 0 saturated carbocycles. The molecule has 1 rings (SSSR count). The van der Waals surface area contributed by atoms with Crippen molar-refractivity contribution in [2.45, 2.75) is 31.8 Å². The molecule has 0 aromatic heterocycles. The van der Waals surface area contributed by atoms with Crippen LogP contribution >= 0.6 is 0 Å². The molecule has 0 aliphatic rings. The zero-order valence-electron chi connectivity index (χ0n) is 12.8. The van der Waals surface area contributed by atoms with Gasteiger partial charge >= 0.3 is 0 Å². The van der Waals surface area contributed by atoms with Gasteiger partial charge < -0.3 is 10.5 Å². The Bertz CT molecular complexity index is 444. The minimum atomic E-state index is -0.261. The summed E-state index contributed by atoms with van der Waals surface area (Å²) in [7, 11) is 1.65. The second-order valence-corrected chi connectivity index (χ2v) is 5.01. The third kappa shape index (κ3) is 5.43. The van der Waals surface area contributed by atoms with Gasteiger partial charge in [0.1, 0.15) is 5.82 Å². The Balaban J connectivity index is 3.00. The zero-order chi connectivity index (χ0) is 15.7. The quantitative estimate of drug-likeness (QED) is 0.759. The monoisotopic (exact) mass is 293 g/mol. The van der Waals surface area contributed by atoms with Crippen molar-refractivity contribution in [3.63, 3.8) is 0 Å². The summed E-state index contributed by atoms with van der Waals surface area (Å²) in [5.41, 5.74) is 7.24. The summed E-state index contributed by atoms with van der Waals surface area (Å²) in [5, 5.41) is 8.84. The molecule has 2 atom stereocenters. The minimum absolute atomic E-state index is 0.0425. The number of methoxy groups -OCH3 is 1. The Morgan fingerprint density at radius 3 is 2.52 bits per heavy atom. The third-order valence-corrected chi connectivity index (χ3v) is 3.58. The first kappa shape index (κ1) is 17.6. The Morgan fingerprint density at radius 1 is 1.33 bits per heavy atom. The highest BCUT2D eigenvalue weighted by Gasteiger charge is 2.25. The van der Waals surface area contributed by atoms with Crippen LogP contribution in [0, 0.1) is 17.1 Å². The SMILES string of the molecule is CCC(N)C(c1ccc(F)cc1)N(CCC#N)CCOC. The molecule has 21 heavy (non-hydrogen) atoms. The largest absolute Gasteiger partial charge is 0.383 e. The maximum absolute atomic E-state index is 13.1. The van der Waals surface area contributed by atoms with Crippen molar-refractivity contribution in [2.24, 2.45) is 5.73 Å². The number of nitriles is 1. The number of halogens is 1. The predicted octanol–water partition coefficient (Wildman–Crippen LogP) is 2.47. The van der Waals surface area contributed by atoms with Crippen LogP contribution in [0.4, 0.5) is 4.39 Å². The van der Waals surface area contributed by atoms with E-state index in [1.807, 2.05) is 6.92 Å². The van der Waals surface area contributed by atoms with Gasteiger partial charge in [0, 0.05) is 38.7 Å². The fourth-order valence-corrected chi connectivity index (χ4v) is 2.40. The van der Waals surface area contributed by atoms with E-state index in [4.69, 9.17) is 15.7 Å². The average Bonchev–Trinajstić information content (AvgIpc) is 2.51. The van der Waals surface area contributed by atoms with Gasteiger partial charge in [-0.3, -0.25) is 4.90 Å². The maximum atomic E-state index is 13.1. The summed E-state index contributed by atoms with van der Waals surface area (Å²) in [6.07, 6.45) is 1.23. The summed E-state index contributed by atoms with van der Waals surface area (Å²) < 4.78 is 18.3. The second kappa shape index (κ2) is 9.46. The molecule has 0 aliphatic heterocycles. The van der Waals surface area contributed by atoms with Crippen molar-refractivity contribution in [1.82, 2.24) is 4.90 Å². The van der Waals surface area contributed by atoms with Crippen molar-refractivity contribution in [3.8, 4) is 6.07 Å². The van der Waals surface area contributed by atoms with Crippen LogP contribution in [0.3, 0.4) is 0 Å². The van der Waals surface area contributed by atoms with Crippen LogP contribution in [-0.4, -0.2) is 37.7 Å². The highest BCUT2D eigenvalue weighted by molar-refractivity contribution is 5.21. The summed E-state index contributed by atoms with van der Waals surface area (Å²) >= 11 is 0. The minimum Gasteiger partial charge on any atom is -0.383 e. The van der Waals surface area contributed by atoms with Gasteiger partial charge in [-0.05, 0) is 24.1 Å². The van der Waals surface area contributed by atoms with Gasteiger partial charge in [0.2, 0.25) is 0 Å². The molecule has 0 radical (unpaired) electrons. The van der Waals surface area contributed by atoms with Crippen LogP contribution in [0.25, 0.3) is 0 Å². The van der Waals surface area contributed by atoms with E-state index >= 15 is 0 Å². The highest BCUT2D eigenvalue weighted by Crippen LogP contribution is 2.25. The van der Waals surface area contributed by atoms with E-state index in [1.54, 1.807) is 19.2 Å². The maximum Gasteiger partial charge on any atom is 0.123 e. The van der Waals surface area contributed by atoms with Gasteiger partial charge in [-0.1, -0.05) is 19.1 Å². The lowest BCUT2D eigenvalue weighted by Gasteiger charge is -2.35. The molecule has 0 heterocycles. The predicted molar refractivity (Wildman–Crippen MR) is 81.1 cm³/mol. The topological polar surface area (TPSA) is 62.3 Å². The molecule has 0 saturated heterocycles.